The zero-order valence-corrected chi connectivity index (χ0v) is 12.6. The normalized spacial score (nSPS) is 12.5. The number of carbonyl (C=O) groups is 1. The molecule has 0 saturated heterocycles. The Bertz CT molecular complexity index is 678. The van der Waals surface area contributed by atoms with E-state index in [2.05, 4.69) is 10.7 Å². The quantitative estimate of drug-likeness (QED) is 0.702. The van der Waals surface area contributed by atoms with Crippen LogP contribution in [0.5, 0.6) is 0 Å². The van der Waals surface area contributed by atoms with E-state index in [0.29, 0.717) is 12.3 Å². The number of furan rings is 2. The van der Waals surface area contributed by atoms with Gasteiger partial charge in [-0.05, 0) is 52.7 Å². The molecule has 112 valence electrons. The maximum absolute atomic E-state index is 11.9. The molecule has 3 aromatic rings. The van der Waals surface area contributed by atoms with Crippen LogP contribution in [0.25, 0.3) is 6.08 Å². The third kappa shape index (κ3) is 3.56. The van der Waals surface area contributed by atoms with Crippen LogP contribution in [0.2, 0.25) is 0 Å². The van der Waals surface area contributed by atoms with Gasteiger partial charge in [0.2, 0.25) is 5.91 Å². The maximum atomic E-state index is 11.9. The lowest BCUT2D eigenvalue weighted by molar-refractivity contribution is -0.116. The molecular weight excluding hydrogens is 298 g/mol. The van der Waals surface area contributed by atoms with Crippen molar-refractivity contribution in [2.75, 3.05) is 6.54 Å². The number of amides is 1. The summed E-state index contributed by atoms with van der Waals surface area (Å²) in [5.41, 5.74) is 1.13. The van der Waals surface area contributed by atoms with Gasteiger partial charge in [0, 0.05) is 12.6 Å². The van der Waals surface area contributed by atoms with Crippen LogP contribution < -0.4 is 5.32 Å². The number of nitrogens with one attached hydrogen (secondary N) is 1. The average molecular weight is 313 g/mol. The number of rotatable bonds is 6. The third-order valence-corrected chi connectivity index (χ3v) is 3.96. The Kier molecular flexibility index (Phi) is 4.56. The molecule has 0 fully saturated rings. The van der Waals surface area contributed by atoms with E-state index in [1.54, 1.807) is 42.1 Å². The molecule has 5 heteroatoms. The number of hydrogen-bond donors (Lipinski definition) is 1. The first-order valence-corrected chi connectivity index (χ1v) is 7.82. The van der Waals surface area contributed by atoms with Crippen molar-refractivity contribution in [2.24, 2.45) is 0 Å². The SMILES string of the molecule is O=C(/C=C/c1ccco1)NCC(c1ccsc1)c1ccco1. The summed E-state index contributed by atoms with van der Waals surface area (Å²) in [6, 6.07) is 9.39. The van der Waals surface area contributed by atoms with Gasteiger partial charge in [0.25, 0.3) is 0 Å². The lowest BCUT2D eigenvalue weighted by atomic mass is 9.99. The van der Waals surface area contributed by atoms with Crippen LogP contribution in [0, 0.1) is 0 Å². The summed E-state index contributed by atoms with van der Waals surface area (Å²) in [5.74, 6) is 1.34. The van der Waals surface area contributed by atoms with Crippen molar-refractivity contribution < 1.29 is 13.6 Å². The van der Waals surface area contributed by atoms with Crippen LogP contribution in [0.4, 0.5) is 0 Å². The van der Waals surface area contributed by atoms with E-state index >= 15 is 0 Å². The highest BCUT2D eigenvalue weighted by Crippen LogP contribution is 2.26. The van der Waals surface area contributed by atoms with E-state index in [0.717, 1.165) is 11.3 Å². The van der Waals surface area contributed by atoms with Crippen molar-refractivity contribution in [3.63, 3.8) is 0 Å². The van der Waals surface area contributed by atoms with Gasteiger partial charge in [-0.15, -0.1) is 0 Å². The highest BCUT2D eigenvalue weighted by molar-refractivity contribution is 7.08. The van der Waals surface area contributed by atoms with E-state index in [1.165, 1.54) is 6.08 Å². The maximum Gasteiger partial charge on any atom is 0.244 e. The minimum atomic E-state index is -0.164. The molecule has 0 aliphatic rings. The van der Waals surface area contributed by atoms with Crippen LogP contribution in [0.1, 0.15) is 23.0 Å². The Morgan fingerprint density at radius 2 is 2.09 bits per heavy atom. The van der Waals surface area contributed by atoms with Crippen molar-refractivity contribution in [1.29, 1.82) is 0 Å². The second-order valence-corrected chi connectivity index (χ2v) is 5.50. The first kappa shape index (κ1) is 14.4. The molecule has 1 unspecified atom stereocenters. The minimum Gasteiger partial charge on any atom is -0.469 e. The van der Waals surface area contributed by atoms with Crippen molar-refractivity contribution in [3.8, 4) is 0 Å². The van der Waals surface area contributed by atoms with Crippen LogP contribution in [-0.2, 0) is 4.79 Å². The van der Waals surface area contributed by atoms with Crippen molar-refractivity contribution in [3.05, 3.63) is 76.8 Å². The van der Waals surface area contributed by atoms with Crippen molar-refractivity contribution in [1.82, 2.24) is 5.32 Å². The molecule has 1 amide bonds. The van der Waals surface area contributed by atoms with Gasteiger partial charge in [0.1, 0.15) is 11.5 Å². The Labute approximate surface area is 132 Å². The van der Waals surface area contributed by atoms with E-state index in [9.17, 15) is 4.79 Å². The lowest BCUT2D eigenvalue weighted by Crippen LogP contribution is -2.27. The molecule has 0 aliphatic heterocycles. The molecule has 0 bridgehead atoms. The van der Waals surface area contributed by atoms with Crippen molar-refractivity contribution in [2.45, 2.75) is 5.92 Å². The molecule has 0 aromatic carbocycles. The topological polar surface area (TPSA) is 55.4 Å². The van der Waals surface area contributed by atoms with Gasteiger partial charge in [-0.1, -0.05) is 0 Å². The summed E-state index contributed by atoms with van der Waals surface area (Å²) in [6.45, 7) is 0.478. The Hall–Kier alpha value is -2.53. The molecule has 0 radical (unpaired) electrons. The molecule has 3 aromatic heterocycles. The van der Waals surface area contributed by atoms with Crippen LogP contribution in [0.3, 0.4) is 0 Å². The molecule has 0 spiro atoms. The van der Waals surface area contributed by atoms with Gasteiger partial charge >= 0.3 is 0 Å². The largest absolute Gasteiger partial charge is 0.469 e. The van der Waals surface area contributed by atoms with Crippen LogP contribution in [0.15, 0.2) is 68.5 Å². The fraction of sp³-hybridized carbons (Fsp3) is 0.118. The second-order valence-electron chi connectivity index (χ2n) is 4.72. The van der Waals surface area contributed by atoms with Gasteiger partial charge in [0.15, 0.2) is 0 Å². The predicted molar refractivity (Wildman–Crippen MR) is 85.6 cm³/mol. The summed E-state index contributed by atoms with van der Waals surface area (Å²) in [5, 5.41) is 6.98. The smallest absolute Gasteiger partial charge is 0.244 e. The van der Waals surface area contributed by atoms with Gasteiger partial charge in [-0.2, -0.15) is 11.3 Å². The van der Waals surface area contributed by atoms with Crippen molar-refractivity contribution >= 4 is 23.3 Å². The standard InChI is InChI=1S/C17H15NO3S/c19-17(6-5-14-3-1-8-20-14)18-11-15(13-7-10-22-12-13)16-4-2-9-21-16/h1-10,12,15H,11H2,(H,18,19)/b6-5+. The Morgan fingerprint density at radius 1 is 1.23 bits per heavy atom. The van der Waals surface area contributed by atoms with Gasteiger partial charge < -0.3 is 14.2 Å². The molecule has 1 atom stereocenters. The molecule has 4 nitrogen and oxygen atoms in total. The molecule has 0 aliphatic carbocycles. The summed E-state index contributed by atoms with van der Waals surface area (Å²) in [4.78, 5) is 11.9. The first-order chi connectivity index (χ1) is 10.8. The molecular formula is C17H15NO3S. The molecule has 1 N–H and O–H groups in total. The zero-order chi connectivity index (χ0) is 15.2. The monoisotopic (exact) mass is 313 g/mol. The summed E-state index contributed by atoms with van der Waals surface area (Å²) in [7, 11) is 0. The summed E-state index contributed by atoms with van der Waals surface area (Å²) < 4.78 is 10.6. The van der Waals surface area contributed by atoms with E-state index in [-0.39, 0.29) is 11.8 Å². The van der Waals surface area contributed by atoms with E-state index in [1.807, 2.05) is 23.6 Å². The first-order valence-electron chi connectivity index (χ1n) is 6.88. The van der Waals surface area contributed by atoms with E-state index < -0.39 is 0 Å². The second kappa shape index (κ2) is 6.95. The summed E-state index contributed by atoms with van der Waals surface area (Å²) >= 11 is 1.63. The molecule has 0 saturated carbocycles. The lowest BCUT2D eigenvalue weighted by Gasteiger charge is -2.13. The van der Waals surface area contributed by atoms with Gasteiger partial charge in [-0.3, -0.25) is 4.79 Å². The highest BCUT2D eigenvalue weighted by Gasteiger charge is 2.17. The van der Waals surface area contributed by atoms with Gasteiger partial charge in [0.05, 0.1) is 18.4 Å². The number of hydrogen-bond acceptors (Lipinski definition) is 4. The van der Waals surface area contributed by atoms with Crippen LogP contribution in [-0.4, -0.2) is 12.5 Å². The Morgan fingerprint density at radius 3 is 2.77 bits per heavy atom. The molecule has 3 heterocycles. The van der Waals surface area contributed by atoms with Gasteiger partial charge in [-0.25, -0.2) is 0 Å². The fourth-order valence-corrected chi connectivity index (χ4v) is 2.87. The molecule has 3 rings (SSSR count). The summed E-state index contributed by atoms with van der Waals surface area (Å²) in [6.07, 6.45) is 6.32. The van der Waals surface area contributed by atoms with Crippen LogP contribution >= 0.6 is 11.3 Å². The predicted octanol–water partition coefficient (Wildman–Crippen LogP) is 3.90. The minimum absolute atomic E-state index is 0.0159. The zero-order valence-electron chi connectivity index (χ0n) is 11.8. The Balaban J connectivity index is 1.63. The fourth-order valence-electron chi connectivity index (χ4n) is 2.15. The average Bonchev–Trinajstić information content (AvgIpc) is 3.27. The number of carbonyl (C=O) groups excluding carboxylic acids is 1. The highest BCUT2D eigenvalue weighted by atomic mass is 32.1. The third-order valence-electron chi connectivity index (χ3n) is 3.25. The number of thiophene rings is 1. The van der Waals surface area contributed by atoms with E-state index in [4.69, 9.17) is 8.83 Å². The molecule has 22 heavy (non-hydrogen) atoms.